The Morgan fingerprint density at radius 2 is 1.17 bits per heavy atom. The van der Waals surface area contributed by atoms with Gasteiger partial charge in [0.25, 0.3) is 11.4 Å². The average molecular weight is 665 g/mol. The fourth-order valence-corrected chi connectivity index (χ4v) is 6.14. The molecule has 2 aliphatic heterocycles. The number of nitro groups is 2. The number of amides is 4. The molecule has 2 heterocycles. The first kappa shape index (κ1) is 34.8. The van der Waals surface area contributed by atoms with Gasteiger partial charge in [-0.3, -0.25) is 39.4 Å². The molecule has 0 bridgehead atoms. The summed E-state index contributed by atoms with van der Waals surface area (Å²) < 4.78 is 0. The van der Waals surface area contributed by atoms with Gasteiger partial charge in [0.15, 0.2) is 0 Å². The molecule has 0 aromatic heterocycles. The van der Waals surface area contributed by atoms with Crippen LogP contribution in [0.4, 0.5) is 11.4 Å². The lowest BCUT2D eigenvalue weighted by Crippen LogP contribution is -2.29. The first-order chi connectivity index (χ1) is 22.6. The van der Waals surface area contributed by atoms with Gasteiger partial charge in [-0.05, 0) is 61.1 Å². The van der Waals surface area contributed by atoms with E-state index in [4.69, 9.17) is 0 Å². The molecule has 14 nitrogen and oxygen atoms in total. The van der Waals surface area contributed by atoms with Gasteiger partial charge in [0.2, 0.25) is 23.6 Å². The Morgan fingerprint density at radius 3 is 1.53 bits per heavy atom. The summed E-state index contributed by atoms with van der Waals surface area (Å²) in [6.45, 7) is 3.39. The number of rotatable bonds is 16. The molecule has 4 amide bonds. The van der Waals surface area contributed by atoms with Crippen molar-refractivity contribution in [1.29, 1.82) is 0 Å². The SMILES string of the molecule is O=C(/C=C/c1ccc(Sc2ccc(/C=C/C(=O)NCCCN3CCCC3=O)cc2[N+](=O)[O-])c([N+](=O)[O-])c1)NCCCN1CCCC1=O. The number of likely N-dealkylation sites (tertiary alicyclic amines) is 2. The van der Waals surface area contributed by atoms with E-state index in [2.05, 4.69) is 10.6 Å². The van der Waals surface area contributed by atoms with Gasteiger partial charge in [-0.2, -0.15) is 0 Å². The average Bonchev–Trinajstić information content (AvgIpc) is 3.66. The molecular weight excluding hydrogens is 628 g/mol. The molecule has 2 N–H and O–H groups in total. The van der Waals surface area contributed by atoms with Gasteiger partial charge >= 0.3 is 0 Å². The second kappa shape index (κ2) is 17.0. The van der Waals surface area contributed by atoms with Gasteiger partial charge in [-0.1, -0.05) is 23.9 Å². The summed E-state index contributed by atoms with van der Waals surface area (Å²) in [5.41, 5.74) is 0.238. The molecule has 0 unspecified atom stereocenters. The lowest BCUT2D eigenvalue weighted by Gasteiger charge is -2.14. The highest BCUT2D eigenvalue weighted by Gasteiger charge is 2.22. The molecule has 2 saturated heterocycles. The number of benzene rings is 2. The van der Waals surface area contributed by atoms with Crippen molar-refractivity contribution in [2.75, 3.05) is 39.3 Å². The van der Waals surface area contributed by atoms with Crippen LogP contribution < -0.4 is 10.6 Å². The highest BCUT2D eigenvalue weighted by atomic mass is 32.2. The third-order valence-electron chi connectivity index (χ3n) is 7.58. The molecule has 4 rings (SSSR count). The summed E-state index contributed by atoms with van der Waals surface area (Å²) in [5.74, 6) is -0.506. The van der Waals surface area contributed by atoms with Crippen molar-refractivity contribution in [3.8, 4) is 0 Å². The van der Waals surface area contributed by atoms with Crippen LogP contribution in [0.25, 0.3) is 12.2 Å². The van der Waals surface area contributed by atoms with Crippen molar-refractivity contribution in [3.05, 3.63) is 79.9 Å². The van der Waals surface area contributed by atoms with E-state index in [1.54, 1.807) is 21.9 Å². The molecule has 2 aliphatic rings. The standard InChI is InChI=1S/C32H36N6O8S/c39-29(33-15-3-19-35-17-1-5-31(35)41)13-9-23-7-11-27(25(21-23)37(43)44)47-28-12-8-24(22-26(28)38(45)46)10-14-30(40)34-16-4-20-36-18-2-6-32(36)42/h7-14,21-22H,1-6,15-20H2,(H,33,39)(H,34,40)/b13-9+,14-10+. The van der Waals surface area contributed by atoms with E-state index in [0.29, 0.717) is 63.0 Å². The third-order valence-corrected chi connectivity index (χ3v) is 8.71. The van der Waals surface area contributed by atoms with Crippen LogP contribution in [0.2, 0.25) is 0 Å². The van der Waals surface area contributed by atoms with Gasteiger partial charge < -0.3 is 20.4 Å². The Labute approximate surface area is 275 Å². The van der Waals surface area contributed by atoms with Crippen LogP contribution in [0, 0.1) is 20.2 Å². The molecule has 248 valence electrons. The number of nitrogens with one attached hydrogen (secondary N) is 2. The molecule has 0 spiro atoms. The second-order valence-corrected chi connectivity index (χ2v) is 12.1. The second-order valence-electron chi connectivity index (χ2n) is 11.0. The maximum Gasteiger partial charge on any atom is 0.283 e. The highest BCUT2D eigenvalue weighted by Crippen LogP contribution is 2.40. The van der Waals surface area contributed by atoms with Gasteiger partial charge in [0.1, 0.15) is 0 Å². The maximum atomic E-state index is 12.2. The zero-order chi connectivity index (χ0) is 33.8. The Hall–Kier alpha value is -5.05. The normalized spacial score (nSPS) is 14.8. The van der Waals surface area contributed by atoms with Crippen LogP contribution in [0.5, 0.6) is 0 Å². The van der Waals surface area contributed by atoms with Crippen LogP contribution in [0.3, 0.4) is 0 Å². The van der Waals surface area contributed by atoms with Crippen molar-refractivity contribution in [3.63, 3.8) is 0 Å². The molecule has 0 aliphatic carbocycles. The van der Waals surface area contributed by atoms with E-state index in [-0.39, 0.29) is 44.8 Å². The summed E-state index contributed by atoms with van der Waals surface area (Å²) >= 11 is 0.866. The summed E-state index contributed by atoms with van der Waals surface area (Å²) in [4.78, 5) is 74.2. The van der Waals surface area contributed by atoms with Crippen LogP contribution in [0.1, 0.15) is 49.7 Å². The first-order valence-corrected chi connectivity index (χ1v) is 16.1. The first-order valence-electron chi connectivity index (χ1n) is 15.3. The van der Waals surface area contributed by atoms with Crippen molar-refractivity contribution < 1.29 is 29.0 Å². The lowest BCUT2D eigenvalue weighted by molar-refractivity contribution is -0.388. The number of nitrogens with zero attached hydrogens (tertiary/aromatic N) is 4. The largest absolute Gasteiger partial charge is 0.352 e. The maximum absolute atomic E-state index is 12.2. The Morgan fingerprint density at radius 1 is 0.745 bits per heavy atom. The molecule has 0 radical (unpaired) electrons. The zero-order valence-corrected chi connectivity index (χ0v) is 26.5. The van der Waals surface area contributed by atoms with E-state index in [9.17, 15) is 39.4 Å². The molecule has 2 aromatic rings. The minimum atomic E-state index is -0.593. The minimum Gasteiger partial charge on any atom is -0.352 e. The number of hydrogen-bond acceptors (Lipinski definition) is 9. The molecule has 2 aromatic carbocycles. The minimum absolute atomic E-state index is 0.125. The van der Waals surface area contributed by atoms with Crippen molar-refractivity contribution in [1.82, 2.24) is 20.4 Å². The van der Waals surface area contributed by atoms with Gasteiger partial charge in [0, 0.05) is 76.4 Å². The molecule has 47 heavy (non-hydrogen) atoms. The quantitative estimate of drug-likeness (QED) is 0.116. The summed E-state index contributed by atoms with van der Waals surface area (Å²) in [6.07, 6.45) is 9.47. The lowest BCUT2D eigenvalue weighted by atomic mass is 10.2. The van der Waals surface area contributed by atoms with Crippen molar-refractivity contribution in [2.24, 2.45) is 0 Å². The number of nitro benzene ring substituents is 2. The topological polar surface area (TPSA) is 185 Å². The fourth-order valence-electron chi connectivity index (χ4n) is 5.16. The molecule has 2 fully saturated rings. The number of hydrogen-bond donors (Lipinski definition) is 2. The van der Waals surface area contributed by atoms with Crippen LogP contribution in [-0.4, -0.2) is 82.5 Å². The molecular formula is C32H36N6O8S. The van der Waals surface area contributed by atoms with Gasteiger partial charge in [-0.15, -0.1) is 0 Å². The monoisotopic (exact) mass is 664 g/mol. The van der Waals surface area contributed by atoms with Crippen molar-refractivity contribution >= 4 is 58.9 Å². The summed E-state index contributed by atoms with van der Waals surface area (Å²) in [7, 11) is 0. The smallest absolute Gasteiger partial charge is 0.283 e. The summed E-state index contributed by atoms with van der Waals surface area (Å²) in [5, 5.41) is 29.2. The van der Waals surface area contributed by atoms with E-state index >= 15 is 0 Å². The summed E-state index contributed by atoms with van der Waals surface area (Å²) in [6, 6.07) is 8.65. The molecule has 0 atom stereocenters. The fraction of sp³-hybridized carbons (Fsp3) is 0.375. The van der Waals surface area contributed by atoms with Crippen molar-refractivity contribution in [2.45, 2.75) is 48.3 Å². The van der Waals surface area contributed by atoms with E-state index in [1.165, 1.54) is 48.6 Å². The van der Waals surface area contributed by atoms with Gasteiger partial charge in [0.05, 0.1) is 19.6 Å². The van der Waals surface area contributed by atoms with Crippen LogP contribution in [-0.2, 0) is 19.2 Å². The number of carbonyl (C=O) groups excluding carboxylic acids is 4. The molecule has 0 saturated carbocycles. The van der Waals surface area contributed by atoms with Crippen LogP contribution in [0.15, 0.2) is 58.3 Å². The van der Waals surface area contributed by atoms with Crippen LogP contribution >= 0.6 is 11.8 Å². The third kappa shape index (κ3) is 10.5. The zero-order valence-electron chi connectivity index (χ0n) is 25.7. The van der Waals surface area contributed by atoms with Gasteiger partial charge in [-0.25, -0.2) is 0 Å². The Kier molecular flexibility index (Phi) is 12.6. The Bertz CT molecular complexity index is 1480. The highest BCUT2D eigenvalue weighted by molar-refractivity contribution is 7.99. The van der Waals surface area contributed by atoms with E-state index < -0.39 is 9.85 Å². The predicted octanol–water partition coefficient (Wildman–Crippen LogP) is 3.94. The van der Waals surface area contributed by atoms with E-state index in [0.717, 1.165) is 37.7 Å². The molecule has 15 heteroatoms. The van der Waals surface area contributed by atoms with E-state index in [1.807, 2.05) is 0 Å². The predicted molar refractivity (Wildman–Crippen MR) is 175 cm³/mol. The number of carbonyl (C=O) groups is 4. The Balaban J connectivity index is 1.32.